The highest BCUT2D eigenvalue weighted by atomic mass is 16.6. The molecule has 2 N–H and O–H groups in total. The largest absolute Gasteiger partial charge is 0.469 e. The van der Waals surface area contributed by atoms with E-state index in [9.17, 15) is 4.79 Å². The summed E-state index contributed by atoms with van der Waals surface area (Å²) in [5.74, 6) is 2.32. The van der Waals surface area contributed by atoms with E-state index in [1.807, 2.05) is 32.9 Å². The SMILES string of the molecule is CC(C)(C)OC(=O)NC1CCN(C(=NCC2CCOC2)NCCc2ccco2)C1. The van der Waals surface area contributed by atoms with Gasteiger partial charge in [-0.15, -0.1) is 0 Å². The summed E-state index contributed by atoms with van der Waals surface area (Å²) in [4.78, 5) is 19.1. The molecule has 0 radical (unpaired) electrons. The van der Waals surface area contributed by atoms with Crippen LogP contribution in [0.25, 0.3) is 0 Å². The Balaban J connectivity index is 1.53. The van der Waals surface area contributed by atoms with Crippen LogP contribution in [0.1, 0.15) is 39.4 Å². The van der Waals surface area contributed by atoms with Crippen LogP contribution in [0, 0.1) is 5.92 Å². The molecule has 29 heavy (non-hydrogen) atoms. The van der Waals surface area contributed by atoms with Crippen molar-refractivity contribution >= 4 is 12.1 Å². The molecular weight excluding hydrogens is 372 g/mol. The summed E-state index contributed by atoms with van der Waals surface area (Å²) in [7, 11) is 0. The van der Waals surface area contributed by atoms with Gasteiger partial charge in [-0.25, -0.2) is 4.79 Å². The molecule has 8 heteroatoms. The van der Waals surface area contributed by atoms with Gasteiger partial charge in [0.1, 0.15) is 11.4 Å². The average Bonchev–Trinajstić information content (AvgIpc) is 3.39. The summed E-state index contributed by atoms with van der Waals surface area (Å²) in [6.07, 6.45) is 4.05. The summed E-state index contributed by atoms with van der Waals surface area (Å²) in [6.45, 7) is 10.3. The number of carbonyl (C=O) groups is 1. The van der Waals surface area contributed by atoms with Crippen molar-refractivity contribution in [2.24, 2.45) is 10.9 Å². The van der Waals surface area contributed by atoms with Crippen LogP contribution in [-0.2, 0) is 15.9 Å². The number of hydrogen-bond acceptors (Lipinski definition) is 5. The van der Waals surface area contributed by atoms with Crippen LogP contribution in [0.2, 0.25) is 0 Å². The van der Waals surface area contributed by atoms with Gasteiger partial charge in [0.05, 0.1) is 18.9 Å². The molecule has 162 valence electrons. The molecule has 0 bridgehead atoms. The molecule has 2 atom stereocenters. The first-order chi connectivity index (χ1) is 13.9. The Morgan fingerprint density at radius 3 is 2.93 bits per heavy atom. The van der Waals surface area contributed by atoms with E-state index in [0.29, 0.717) is 12.5 Å². The highest BCUT2D eigenvalue weighted by Gasteiger charge is 2.28. The quantitative estimate of drug-likeness (QED) is 0.557. The Bertz CT molecular complexity index is 663. The van der Waals surface area contributed by atoms with E-state index in [1.54, 1.807) is 6.26 Å². The molecule has 2 aliphatic rings. The van der Waals surface area contributed by atoms with Crippen LogP contribution < -0.4 is 10.6 Å². The Morgan fingerprint density at radius 2 is 2.24 bits per heavy atom. The molecule has 0 spiro atoms. The summed E-state index contributed by atoms with van der Waals surface area (Å²) < 4.78 is 16.3. The van der Waals surface area contributed by atoms with Crippen LogP contribution in [0.5, 0.6) is 0 Å². The van der Waals surface area contributed by atoms with Gasteiger partial charge in [-0.3, -0.25) is 4.99 Å². The van der Waals surface area contributed by atoms with E-state index in [1.165, 1.54) is 0 Å². The number of hydrogen-bond donors (Lipinski definition) is 2. The summed E-state index contributed by atoms with van der Waals surface area (Å²) >= 11 is 0. The van der Waals surface area contributed by atoms with Gasteiger partial charge in [0.25, 0.3) is 0 Å². The minimum absolute atomic E-state index is 0.0525. The zero-order valence-electron chi connectivity index (χ0n) is 17.8. The van der Waals surface area contributed by atoms with Gasteiger partial charge in [0.15, 0.2) is 5.96 Å². The summed E-state index contributed by atoms with van der Waals surface area (Å²) in [5, 5.41) is 6.44. The highest BCUT2D eigenvalue weighted by molar-refractivity contribution is 5.80. The second-order valence-corrected chi connectivity index (χ2v) is 8.73. The van der Waals surface area contributed by atoms with Crippen LogP contribution in [0.4, 0.5) is 4.79 Å². The number of carbonyl (C=O) groups excluding carboxylic acids is 1. The van der Waals surface area contributed by atoms with Gasteiger partial charge in [0.2, 0.25) is 0 Å². The average molecular weight is 407 g/mol. The molecule has 1 amide bonds. The van der Waals surface area contributed by atoms with Crippen LogP contribution in [-0.4, -0.2) is 68.0 Å². The van der Waals surface area contributed by atoms with Gasteiger partial charge in [-0.05, 0) is 45.7 Å². The number of rotatable bonds is 6. The molecule has 2 saturated heterocycles. The van der Waals surface area contributed by atoms with Crippen molar-refractivity contribution in [2.75, 3.05) is 39.4 Å². The first-order valence-corrected chi connectivity index (χ1v) is 10.5. The number of nitrogens with zero attached hydrogens (tertiary/aromatic N) is 2. The smallest absolute Gasteiger partial charge is 0.407 e. The maximum atomic E-state index is 12.1. The number of amides is 1. The van der Waals surface area contributed by atoms with Gasteiger partial charge in [0, 0.05) is 45.1 Å². The van der Waals surface area contributed by atoms with Crippen molar-refractivity contribution < 1.29 is 18.7 Å². The fourth-order valence-electron chi connectivity index (χ4n) is 3.51. The number of alkyl carbamates (subject to hydrolysis) is 1. The van der Waals surface area contributed by atoms with Crippen molar-refractivity contribution in [3.8, 4) is 0 Å². The minimum atomic E-state index is -0.494. The van der Waals surface area contributed by atoms with Crippen molar-refractivity contribution in [2.45, 2.75) is 51.7 Å². The van der Waals surface area contributed by atoms with E-state index in [-0.39, 0.29) is 12.1 Å². The molecule has 3 heterocycles. The normalized spacial score (nSPS) is 22.7. The lowest BCUT2D eigenvalue weighted by atomic mass is 10.1. The Hall–Kier alpha value is -2.22. The van der Waals surface area contributed by atoms with Crippen molar-refractivity contribution in [3.05, 3.63) is 24.2 Å². The molecule has 3 rings (SSSR count). The molecule has 0 saturated carbocycles. The predicted octanol–water partition coefficient (Wildman–Crippen LogP) is 2.40. The fraction of sp³-hybridized carbons (Fsp3) is 0.714. The number of aliphatic imine (C=N–C) groups is 1. The highest BCUT2D eigenvalue weighted by Crippen LogP contribution is 2.15. The standard InChI is InChI=1S/C21H34N4O4/c1-21(2,3)29-20(26)24-17-7-10-25(14-17)19(23-13-16-8-12-27-15-16)22-9-6-18-5-4-11-28-18/h4-5,11,16-17H,6-10,12-15H2,1-3H3,(H,22,23)(H,24,26). The molecule has 0 aromatic carbocycles. The van der Waals surface area contributed by atoms with Crippen LogP contribution in [0.15, 0.2) is 27.8 Å². The maximum Gasteiger partial charge on any atom is 0.407 e. The Labute approximate surface area is 173 Å². The second kappa shape index (κ2) is 10.0. The third-order valence-corrected chi connectivity index (χ3v) is 4.97. The zero-order valence-corrected chi connectivity index (χ0v) is 17.8. The number of ether oxygens (including phenoxy) is 2. The van der Waals surface area contributed by atoms with Crippen molar-refractivity contribution in [3.63, 3.8) is 0 Å². The van der Waals surface area contributed by atoms with Crippen LogP contribution >= 0.6 is 0 Å². The lowest BCUT2D eigenvalue weighted by molar-refractivity contribution is 0.0507. The Morgan fingerprint density at radius 1 is 1.38 bits per heavy atom. The topological polar surface area (TPSA) is 88.3 Å². The zero-order chi connectivity index (χ0) is 20.7. The lowest BCUT2D eigenvalue weighted by Gasteiger charge is -2.24. The summed E-state index contributed by atoms with van der Waals surface area (Å²) in [6, 6.07) is 3.93. The van der Waals surface area contributed by atoms with Crippen molar-refractivity contribution in [1.82, 2.24) is 15.5 Å². The molecule has 2 unspecified atom stereocenters. The number of furan rings is 1. The predicted molar refractivity (Wildman–Crippen MR) is 111 cm³/mol. The first-order valence-electron chi connectivity index (χ1n) is 10.5. The first kappa shape index (κ1) is 21.5. The molecule has 8 nitrogen and oxygen atoms in total. The number of guanidine groups is 1. The molecular formula is C21H34N4O4. The van der Waals surface area contributed by atoms with E-state index in [0.717, 1.165) is 63.8 Å². The van der Waals surface area contributed by atoms with Crippen molar-refractivity contribution in [1.29, 1.82) is 0 Å². The third-order valence-electron chi connectivity index (χ3n) is 4.97. The minimum Gasteiger partial charge on any atom is -0.469 e. The third kappa shape index (κ3) is 7.27. The van der Waals surface area contributed by atoms with E-state index >= 15 is 0 Å². The van der Waals surface area contributed by atoms with E-state index in [2.05, 4.69) is 15.5 Å². The van der Waals surface area contributed by atoms with Crippen LogP contribution in [0.3, 0.4) is 0 Å². The fourth-order valence-corrected chi connectivity index (χ4v) is 3.51. The lowest BCUT2D eigenvalue weighted by Crippen LogP contribution is -2.44. The van der Waals surface area contributed by atoms with E-state index < -0.39 is 5.60 Å². The Kier molecular flexibility index (Phi) is 7.41. The summed E-state index contributed by atoms with van der Waals surface area (Å²) in [5.41, 5.74) is -0.494. The molecule has 1 aromatic heterocycles. The van der Waals surface area contributed by atoms with Gasteiger partial charge in [-0.2, -0.15) is 0 Å². The molecule has 0 aliphatic carbocycles. The molecule has 1 aromatic rings. The number of nitrogens with one attached hydrogen (secondary N) is 2. The van der Waals surface area contributed by atoms with Gasteiger partial charge in [-0.1, -0.05) is 0 Å². The number of likely N-dealkylation sites (tertiary alicyclic amines) is 1. The molecule has 2 fully saturated rings. The van der Waals surface area contributed by atoms with E-state index in [4.69, 9.17) is 18.9 Å². The monoisotopic (exact) mass is 406 g/mol. The van der Waals surface area contributed by atoms with Gasteiger partial charge < -0.3 is 29.4 Å². The second-order valence-electron chi connectivity index (χ2n) is 8.73. The van der Waals surface area contributed by atoms with Gasteiger partial charge >= 0.3 is 6.09 Å². The maximum absolute atomic E-state index is 12.1. The molecule has 2 aliphatic heterocycles.